The quantitative estimate of drug-likeness (QED) is 0.0995. The highest BCUT2D eigenvalue weighted by Crippen LogP contribution is 2.42. The fourth-order valence-corrected chi connectivity index (χ4v) is 8.36. The molecule has 9 aromatic rings. The molecule has 1 aliphatic heterocycles. The van der Waals surface area contributed by atoms with E-state index in [4.69, 9.17) is 16.0 Å². The van der Waals surface area contributed by atoms with Crippen molar-refractivity contribution in [3.8, 4) is 22.3 Å². The predicted molar refractivity (Wildman–Crippen MR) is 232 cm³/mol. The summed E-state index contributed by atoms with van der Waals surface area (Å²) in [5.74, 6) is 0. The SMILES string of the molecule is C=C1CC(c2cccc3oc4ccc(-c5cc6ccccc6c6ccccc56)cc4c23)=C=C(C)C(c2ccc(-c3ccccc3)cc2)=NC1c1ccccc1. The van der Waals surface area contributed by atoms with Crippen molar-refractivity contribution in [1.29, 1.82) is 0 Å². The largest absolute Gasteiger partial charge is 0.456 e. The van der Waals surface area contributed by atoms with Crippen molar-refractivity contribution in [3.05, 3.63) is 216 Å². The first kappa shape index (κ1) is 32.6. The predicted octanol–water partition coefficient (Wildman–Crippen LogP) is 14.3. The average molecular weight is 704 g/mol. The Bertz CT molecular complexity index is 3050. The third-order valence-electron chi connectivity index (χ3n) is 11.0. The van der Waals surface area contributed by atoms with Gasteiger partial charge >= 0.3 is 0 Å². The van der Waals surface area contributed by atoms with Gasteiger partial charge in [-0.3, -0.25) is 4.99 Å². The summed E-state index contributed by atoms with van der Waals surface area (Å²) >= 11 is 0. The Hall–Kier alpha value is -6.99. The topological polar surface area (TPSA) is 25.5 Å². The van der Waals surface area contributed by atoms with E-state index in [0.717, 1.165) is 66.6 Å². The van der Waals surface area contributed by atoms with Crippen molar-refractivity contribution < 1.29 is 4.42 Å². The van der Waals surface area contributed by atoms with Crippen LogP contribution in [0.25, 0.3) is 71.3 Å². The number of benzene rings is 8. The van der Waals surface area contributed by atoms with E-state index in [9.17, 15) is 0 Å². The molecule has 55 heavy (non-hydrogen) atoms. The minimum absolute atomic E-state index is 0.217. The summed E-state index contributed by atoms with van der Waals surface area (Å²) in [6.45, 7) is 6.83. The lowest BCUT2D eigenvalue weighted by Gasteiger charge is -2.22. The van der Waals surface area contributed by atoms with Crippen molar-refractivity contribution in [2.24, 2.45) is 4.99 Å². The monoisotopic (exact) mass is 703 g/mol. The Labute approximate surface area is 320 Å². The molecule has 0 bridgehead atoms. The fourth-order valence-electron chi connectivity index (χ4n) is 8.36. The summed E-state index contributed by atoms with van der Waals surface area (Å²) in [6, 6.07) is 62.2. The Kier molecular flexibility index (Phi) is 7.98. The number of hydrogen-bond acceptors (Lipinski definition) is 2. The molecule has 0 fully saturated rings. The number of fused-ring (bicyclic) bond motifs is 6. The lowest BCUT2D eigenvalue weighted by molar-refractivity contribution is 0.669. The first-order chi connectivity index (χ1) is 27.1. The molecule has 0 saturated carbocycles. The van der Waals surface area contributed by atoms with Crippen molar-refractivity contribution in [3.63, 3.8) is 0 Å². The molecule has 1 unspecified atom stereocenters. The van der Waals surface area contributed by atoms with Crippen LogP contribution < -0.4 is 0 Å². The zero-order chi connectivity index (χ0) is 36.9. The maximum Gasteiger partial charge on any atom is 0.136 e. The highest BCUT2D eigenvalue weighted by Gasteiger charge is 2.23. The molecule has 1 aliphatic rings. The van der Waals surface area contributed by atoms with Crippen LogP contribution in [0.15, 0.2) is 209 Å². The van der Waals surface area contributed by atoms with Crippen molar-refractivity contribution >= 4 is 54.8 Å². The minimum Gasteiger partial charge on any atom is -0.456 e. The van der Waals surface area contributed by atoms with Crippen LogP contribution in [0.5, 0.6) is 0 Å². The van der Waals surface area contributed by atoms with Gasteiger partial charge in [-0.2, -0.15) is 0 Å². The molecule has 2 heteroatoms. The van der Waals surface area contributed by atoms with Gasteiger partial charge in [0.2, 0.25) is 0 Å². The van der Waals surface area contributed by atoms with Gasteiger partial charge in [0, 0.05) is 33.9 Å². The third kappa shape index (κ3) is 5.81. The lowest BCUT2D eigenvalue weighted by Crippen LogP contribution is -2.10. The zero-order valence-corrected chi connectivity index (χ0v) is 30.6. The molecule has 2 nitrogen and oxygen atoms in total. The molecule has 1 aromatic heterocycles. The average Bonchev–Trinajstić information content (AvgIpc) is 3.62. The van der Waals surface area contributed by atoms with E-state index in [1.165, 1.54) is 38.2 Å². The summed E-state index contributed by atoms with van der Waals surface area (Å²) in [5.41, 5.74) is 17.6. The van der Waals surface area contributed by atoms with Crippen LogP contribution >= 0.6 is 0 Å². The number of rotatable bonds is 5. The van der Waals surface area contributed by atoms with E-state index in [-0.39, 0.29) is 6.04 Å². The molecule has 0 saturated heterocycles. The van der Waals surface area contributed by atoms with E-state index in [1.807, 2.05) is 6.07 Å². The molecule has 2 heterocycles. The second-order valence-corrected chi connectivity index (χ2v) is 14.5. The highest BCUT2D eigenvalue weighted by atomic mass is 16.3. The lowest BCUT2D eigenvalue weighted by atomic mass is 9.87. The Balaban J connectivity index is 1.16. The molecule has 260 valence electrons. The van der Waals surface area contributed by atoms with Crippen molar-refractivity contribution in [2.75, 3.05) is 0 Å². The van der Waals surface area contributed by atoms with E-state index in [0.29, 0.717) is 6.42 Å². The highest BCUT2D eigenvalue weighted by molar-refractivity contribution is 6.17. The van der Waals surface area contributed by atoms with E-state index < -0.39 is 0 Å². The summed E-state index contributed by atoms with van der Waals surface area (Å²) in [6.07, 6.45) is 0.626. The molecule has 0 aliphatic carbocycles. The van der Waals surface area contributed by atoms with Crippen molar-refractivity contribution in [1.82, 2.24) is 0 Å². The molecule has 0 N–H and O–H groups in total. The summed E-state index contributed by atoms with van der Waals surface area (Å²) in [5, 5.41) is 7.17. The third-order valence-corrected chi connectivity index (χ3v) is 11.0. The smallest absolute Gasteiger partial charge is 0.136 e. The summed E-state index contributed by atoms with van der Waals surface area (Å²) < 4.78 is 6.58. The maximum absolute atomic E-state index is 6.58. The normalized spacial score (nSPS) is 14.8. The Morgan fingerprint density at radius 3 is 2.00 bits per heavy atom. The number of aliphatic imine (C=N–C) groups is 1. The molecule has 10 rings (SSSR count). The Morgan fingerprint density at radius 2 is 1.20 bits per heavy atom. The van der Waals surface area contributed by atoms with Crippen LogP contribution in [0.4, 0.5) is 0 Å². The number of furan rings is 1. The van der Waals surface area contributed by atoms with Crippen molar-refractivity contribution in [2.45, 2.75) is 19.4 Å². The minimum atomic E-state index is -0.217. The molecule has 8 aromatic carbocycles. The van der Waals surface area contributed by atoms with E-state index in [1.54, 1.807) is 0 Å². The van der Waals surface area contributed by atoms with Crippen LogP contribution in [0.1, 0.15) is 36.1 Å². The molecule has 0 amide bonds. The van der Waals surface area contributed by atoms with Gasteiger partial charge < -0.3 is 4.42 Å². The van der Waals surface area contributed by atoms with Gasteiger partial charge in [-0.15, -0.1) is 5.73 Å². The van der Waals surface area contributed by atoms with E-state index >= 15 is 0 Å². The zero-order valence-electron chi connectivity index (χ0n) is 30.6. The molecular formula is C53H37NO. The molecule has 1 atom stereocenters. The van der Waals surface area contributed by atoms with Crippen LogP contribution in [-0.2, 0) is 0 Å². The van der Waals surface area contributed by atoms with Gasteiger partial charge in [0.25, 0.3) is 0 Å². The van der Waals surface area contributed by atoms with Gasteiger partial charge in [-0.25, -0.2) is 0 Å². The fraction of sp³-hybridized carbons (Fsp3) is 0.0566. The number of allylic oxidation sites excluding steroid dienone is 1. The summed E-state index contributed by atoms with van der Waals surface area (Å²) in [4.78, 5) is 5.45. The number of nitrogens with zero attached hydrogens (tertiary/aromatic N) is 1. The van der Waals surface area contributed by atoms with Gasteiger partial charge in [-0.05, 0) is 91.7 Å². The van der Waals surface area contributed by atoms with Gasteiger partial charge in [0.1, 0.15) is 11.2 Å². The van der Waals surface area contributed by atoms with Gasteiger partial charge in [0.05, 0.1) is 11.8 Å². The first-order valence-corrected chi connectivity index (χ1v) is 18.9. The first-order valence-electron chi connectivity index (χ1n) is 18.9. The number of hydrogen-bond donors (Lipinski definition) is 0. The van der Waals surface area contributed by atoms with Gasteiger partial charge in [0.15, 0.2) is 0 Å². The molecule has 0 radical (unpaired) electrons. The molecule has 0 spiro atoms. The second kappa shape index (κ2) is 13.5. The standard InChI is InChI=1S/C53H37NO/c1-34-30-42(31-35(2)53(54-52(34)38-16-7-4-8-17-38)39-26-24-37(25-27-39)36-14-5-3-6-15-36)44-22-13-23-50-51(44)48-33-41(28-29-49(48)55-50)47-32-40-18-9-10-19-43(40)45-20-11-12-21-46(45)47/h3-29,32-33,52H,1,30H2,2H3. The maximum atomic E-state index is 6.58. The summed E-state index contributed by atoms with van der Waals surface area (Å²) in [7, 11) is 0. The van der Waals surface area contributed by atoms with Crippen LogP contribution in [0.2, 0.25) is 0 Å². The van der Waals surface area contributed by atoms with Gasteiger partial charge in [-0.1, -0.05) is 158 Å². The van der Waals surface area contributed by atoms with Crippen LogP contribution in [-0.4, -0.2) is 5.71 Å². The second-order valence-electron chi connectivity index (χ2n) is 14.5. The Morgan fingerprint density at radius 1 is 0.545 bits per heavy atom. The van der Waals surface area contributed by atoms with Crippen LogP contribution in [0, 0.1) is 0 Å². The van der Waals surface area contributed by atoms with Crippen LogP contribution in [0.3, 0.4) is 0 Å². The van der Waals surface area contributed by atoms with E-state index in [2.05, 4.69) is 183 Å². The molecular weight excluding hydrogens is 667 g/mol.